The Labute approximate surface area is 83.5 Å². The Morgan fingerprint density at radius 1 is 1.50 bits per heavy atom. The second-order valence-corrected chi connectivity index (χ2v) is 4.20. The first-order chi connectivity index (χ1) is 6.72. The van der Waals surface area contributed by atoms with Gasteiger partial charge in [0.25, 0.3) is 5.89 Å². The van der Waals surface area contributed by atoms with E-state index in [0.717, 1.165) is 11.5 Å². The van der Waals surface area contributed by atoms with Crippen LogP contribution in [0.25, 0.3) is 0 Å². The van der Waals surface area contributed by atoms with E-state index >= 15 is 0 Å². The highest BCUT2D eigenvalue weighted by molar-refractivity contribution is 5.67. The predicted octanol–water partition coefficient (Wildman–Crippen LogP) is 2.88. The summed E-state index contributed by atoms with van der Waals surface area (Å²) in [7, 11) is 0. The fraction of sp³-hybridized carbons (Fsp3) is 0.636. The van der Waals surface area contributed by atoms with Crippen molar-refractivity contribution in [3.63, 3.8) is 0 Å². The second kappa shape index (κ2) is 3.56. The average molecular weight is 193 g/mol. The molecule has 0 radical (unpaired) electrons. The lowest BCUT2D eigenvalue weighted by molar-refractivity contribution is 0.109. The van der Waals surface area contributed by atoms with Crippen molar-refractivity contribution in [1.29, 1.82) is 0 Å². The standard InChI is InChI=1S/C11H15NO2/c1-7(2)11-10(8-4-3-5-8)12-9(6-13)14-11/h6-8H,3-5H2,1-2H3. The molecule has 0 aliphatic heterocycles. The van der Waals surface area contributed by atoms with E-state index in [1.165, 1.54) is 19.3 Å². The molecule has 0 saturated heterocycles. The van der Waals surface area contributed by atoms with E-state index in [1.807, 2.05) is 0 Å². The van der Waals surface area contributed by atoms with Crippen LogP contribution in [0.3, 0.4) is 0 Å². The maximum Gasteiger partial charge on any atom is 0.260 e. The molecule has 0 bridgehead atoms. The van der Waals surface area contributed by atoms with Gasteiger partial charge in [0.2, 0.25) is 6.29 Å². The van der Waals surface area contributed by atoms with E-state index < -0.39 is 0 Å². The maximum atomic E-state index is 10.6. The normalized spacial score (nSPS) is 17.1. The van der Waals surface area contributed by atoms with Crippen molar-refractivity contribution in [1.82, 2.24) is 4.98 Å². The number of aromatic nitrogens is 1. The highest BCUT2D eigenvalue weighted by Gasteiger charge is 2.28. The van der Waals surface area contributed by atoms with Gasteiger partial charge in [-0.2, -0.15) is 0 Å². The molecule has 0 spiro atoms. The Morgan fingerprint density at radius 2 is 2.21 bits per heavy atom. The monoisotopic (exact) mass is 193 g/mol. The van der Waals surface area contributed by atoms with Gasteiger partial charge in [-0.15, -0.1) is 0 Å². The molecule has 0 N–H and O–H groups in total. The van der Waals surface area contributed by atoms with Crippen LogP contribution in [0.4, 0.5) is 0 Å². The van der Waals surface area contributed by atoms with Gasteiger partial charge in [0, 0.05) is 11.8 Å². The summed E-state index contributed by atoms with van der Waals surface area (Å²) in [5.41, 5.74) is 1.02. The Kier molecular flexibility index (Phi) is 2.40. The van der Waals surface area contributed by atoms with E-state index in [4.69, 9.17) is 4.42 Å². The van der Waals surface area contributed by atoms with Crippen LogP contribution in [0.2, 0.25) is 0 Å². The van der Waals surface area contributed by atoms with Gasteiger partial charge >= 0.3 is 0 Å². The van der Waals surface area contributed by atoms with Crippen molar-refractivity contribution in [2.45, 2.75) is 44.9 Å². The number of hydrogen-bond acceptors (Lipinski definition) is 3. The molecule has 1 aromatic heterocycles. The van der Waals surface area contributed by atoms with E-state index in [0.29, 0.717) is 18.1 Å². The summed E-state index contributed by atoms with van der Waals surface area (Å²) in [6.07, 6.45) is 4.33. The lowest BCUT2D eigenvalue weighted by Crippen LogP contribution is -2.11. The molecule has 2 rings (SSSR count). The molecule has 1 saturated carbocycles. The first-order valence-corrected chi connectivity index (χ1v) is 5.18. The lowest BCUT2D eigenvalue weighted by Gasteiger charge is -2.24. The predicted molar refractivity (Wildman–Crippen MR) is 52.6 cm³/mol. The van der Waals surface area contributed by atoms with Gasteiger partial charge in [-0.3, -0.25) is 4.79 Å². The largest absolute Gasteiger partial charge is 0.439 e. The molecule has 14 heavy (non-hydrogen) atoms. The third kappa shape index (κ3) is 1.47. The Morgan fingerprint density at radius 3 is 2.64 bits per heavy atom. The number of nitrogens with zero attached hydrogens (tertiary/aromatic N) is 1. The number of hydrogen-bond donors (Lipinski definition) is 0. The third-order valence-corrected chi connectivity index (χ3v) is 2.81. The van der Waals surface area contributed by atoms with Crippen molar-refractivity contribution >= 4 is 6.29 Å². The third-order valence-electron chi connectivity index (χ3n) is 2.81. The zero-order chi connectivity index (χ0) is 10.1. The fourth-order valence-corrected chi connectivity index (χ4v) is 1.80. The Bertz CT molecular complexity index is 337. The highest BCUT2D eigenvalue weighted by atomic mass is 16.4. The van der Waals surface area contributed by atoms with Crippen LogP contribution in [-0.4, -0.2) is 11.3 Å². The van der Waals surface area contributed by atoms with Gasteiger partial charge in [-0.25, -0.2) is 4.98 Å². The minimum absolute atomic E-state index is 0.232. The van der Waals surface area contributed by atoms with Gasteiger partial charge in [0.05, 0.1) is 5.69 Å². The Hall–Kier alpha value is -1.12. The highest BCUT2D eigenvalue weighted by Crippen LogP contribution is 2.39. The van der Waals surface area contributed by atoms with E-state index in [1.54, 1.807) is 0 Å². The zero-order valence-corrected chi connectivity index (χ0v) is 8.62. The van der Waals surface area contributed by atoms with E-state index in [9.17, 15) is 4.79 Å². The minimum atomic E-state index is 0.232. The van der Waals surface area contributed by atoms with Crippen LogP contribution in [0.1, 0.15) is 67.1 Å². The van der Waals surface area contributed by atoms with Crippen LogP contribution >= 0.6 is 0 Å². The molecule has 1 aromatic rings. The molecule has 1 heterocycles. The van der Waals surface area contributed by atoms with Gasteiger partial charge in [0.1, 0.15) is 5.76 Å². The number of aldehydes is 1. The summed E-state index contributed by atoms with van der Waals surface area (Å²) in [4.78, 5) is 14.8. The van der Waals surface area contributed by atoms with Crippen molar-refractivity contribution < 1.29 is 9.21 Å². The van der Waals surface area contributed by atoms with Crippen molar-refractivity contribution in [3.8, 4) is 0 Å². The molecule has 0 amide bonds. The maximum absolute atomic E-state index is 10.6. The van der Waals surface area contributed by atoms with Gasteiger partial charge in [0.15, 0.2) is 0 Å². The number of carbonyl (C=O) groups excluding carboxylic acids is 1. The summed E-state index contributed by atoms with van der Waals surface area (Å²) in [6.45, 7) is 4.13. The summed E-state index contributed by atoms with van der Waals surface area (Å²) in [6, 6.07) is 0. The smallest absolute Gasteiger partial charge is 0.260 e. The van der Waals surface area contributed by atoms with Crippen LogP contribution in [0.5, 0.6) is 0 Å². The first kappa shape index (κ1) is 9.44. The lowest BCUT2D eigenvalue weighted by atomic mass is 9.81. The van der Waals surface area contributed by atoms with Crippen molar-refractivity contribution in [2.24, 2.45) is 0 Å². The topological polar surface area (TPSA) is 43.1 Å². The minimum Gasteiger partial charge on any atom is -0.439 e. The average Bonchev–Trinajstić information content (AvgIpc) is 2.45. The van der Waals surface area contributed by atoms with E-state index in [-0.39, 0.29) is 5.89 Å². The summed E-state index contributed by atoms with van der Waals surface area (Å²) in [5.74, 6) is 1.98. The summed E-state index contributed by atoms with van der Waals surface area (Å²) >= 11 is 0. The number of rotatable bonds is 3. The molecule has 1 aliphatic carbocycles. The van der Waals surface area contributed by atoms with Gasteiger partial charge in [-0.05, 0) is 12.8 Å². The molecule has 1 aliphatic rings. The molecular weight excluding hydrogens is 178 g/mol. The fourth-order valence-electron chi connectivity index (χ4n) is 1.80. The molecule has 0 atom stereocenters. The second-order valence-electron chi connectivity index (χ2n) is 4.20. The number of carbonyl (C=O) groups is 1. The molecule has 76 valence electrons. The van der Waals surface area contributed by atoms with Crippen LogP contribution < -0.4 is 0 Å². The van der Waals surface area contributed by atoms with Crippen LogP contribution in [-0.2, 0) is 0 Å². The van der Waals surface area contributed by atoms with Crippen LogP contribution in [0.15, 0.2) is 4.42 Å². The van der Waals surface area contributed by atoms with Crippen LogP contribution in [0, 0.1) is 0 Å². The quantitative estimate of drug-likeness (QED) is 0.693. The van der Waals surface area contributed by atoms with E-state index in [2.05, 4.69) is 18.8 Å². The molecule has 1 fully saturated rings. The Balaban J connectivity index is 2.34. The molecule has 0 unspecified atom stereocenters. The van der Waals surface area contributed by atoms with Gasteiger partial charge in [-0.1, -0.05) is 20.3 Å². The van der Waals surface area contributed by atoms with Crippen molar-refractivity contribution in [3.05, 3.63) is 17.3 Å². The summed E-state index contributed by atoms with van der Waals surface area (Å²) < 4.78 is 5.40. The summed E-state index contributed by atoms with van der Waals surface area (Å²) in [5, 5.41) is 0. The molecule has 3 nitrogen and oxygen atoms in total. The molecular formula is C11H15NO2. The van der Waals surface area contributed by atoms with Crippen molar-refractivity contribution in [2.75, 3.05) is 0 Å². The molecule has 3 heteroatoms. The SMILES string of the molecule is CC(C)c1oc(C=O)nc1C1CCC1. The zero-order valence-electron chi connectivity index (χ0n) is 8.62. The van der Waals surface area contributed by atoms with Gasteiger partial charge < -0.3 is 4.42 Å². The number of oxazole rings is 1. The molecule has 0 aromatic carbocycles. The first-order valence-electron chi connectivity index (χ1n) is 5.18.